The molecule has 0 saturated heterocycles. The summed E-state index contributed by atoms with van der Waals surface area (Å²) in [7, 11) is 1.71. The summed E-state index contributed by atoms with van der Waals surface area (Å²) in [4.78, 5) is 15.6. The van der Waals surface area contributed by atoms with Crippen LogP contribution in [0.25, 0.3) is 21.5 Å². The van der Waals surface area contributed by atoms with Gasteiger partial charge in [-0.05, 0) is 52.3 Å². The highest BCUT2D eigenvalue weighted by molar-refractivity contribution is 6.02. The lowest BCUT2D eigenvalue weighted by molar-refractivity contribution is 0.0948. The number of amides is 1. The molecule has 0 bridgehead atoms. The van der Waals surface area contributed by atoms with Crippen LogP contribution in [0.3, 0.4) is 0 Å². The van der Waals surface area contributed by atoms with Crippen molar-refractivity contribution < 1.29 is 9.53 Å². The van der Waals surface area contributed by atoms with Gasteiger partial charge in [-0.25, -0.2) is 0 Å². The van der Waals surface area contributed by atoms with Crippen LogP contribution in [0.4, 0.5) is 0 Å². The second-order valence-electron chi connectivity index (χ2n) is 8.24. The van der Waals surface area contributed by atoms with Gasteiger partial charge in [-0.3, -0.25) is 4.79 Å². The molecule has 0 aliphatic carbocycles. The molecule has 4 aromatic rings. The van der Waals surface area contributed by atoms with Crippen molar-refractivity contribution in [2.75, 3.05) is 33.3 Å². The third-order valence-electron chi connectivity index (χ3n) is 6.46. The van der Waals surface area contributed by atoms with Gasteiger partial charge in [0.2, 0.25) is 0 Å². The smallest absolute Gasteiger partial charge is 0.251 e. The number of fused-ring (bicyclic) bond motifs is 2. The number of hydrogen-bond donors (Lipinski definition) is 1. The molecule has 0 aliphatic rings. The molecule has 0 aromatic heterocycles. The number of rotatable bonds is 9. The van der Waals surface area contributed by atoms with Crippen LogP contribution in [0.15, 0.2) is 72.8 Å². The maximum Gasteiger partial charge on any atom is 0.251 e. The summed E-state index contributed by atoms with van der Waals surface area (Å²) in [5.41, 5.74) is 2.86. The quantitative estimate of drug-likeness (QED) is 0.365. The molecule has 0 aliphatic heterocycles. The number of hydrogen-bond acceptors (Lipinski definition) is 3. The number of nitrogens with zero attached hydrogens (tertiary/aromatic N) is 1. The Balaban J connectivity index is 1.76. The zero-order valence-corrected chi connectivity index (χ0v) is 19.7. The van der Waals surface area contributed by atoms with Crippen LogP contribution >= 0.6 is 0 Å². The van der Waals surface area contributed by atoms with Gasteiger partial charge in [-0.15, -0.1) is 0 Å². The molecular weight excluding hydrogens is 408 g/mol. The van der Waals surface area contributed by atoms with Gasteiger partial charge in [0.15, 0.2) is 0 Å². The third-order valence-corrected chi connectivity index (χ3v) is 6.46. The van der Waals surface area contributed by atoms with Crippen molar-refractivity contribution in [1.29, 1.82) is 0 Å². The Labute approximate surface area is 196 Å². The van der Waals surface area contributed by atoms with Crippen molar-refractivity contribution in [3.05, 3.63) is 89.5 Å². The van der Waals surface area contributed by atoms with Crippen LogP contribution in [0, 0.1) is 0 Å². The summed E-state index contributed by atoms with van der Waals surface area (Å²) in [5.74, 6) is 0.816. The standard InChI is InChI=1S/C29H32N2O2/c1-4-31(5-2)19-18-30-29(32)25-16-14-21-10-6-8-12-23(21)26(25)20-27-24-13-9-7-11-22(24)15-17-28(27)33-3/h6-17H,4-5,18-20H2,1-3H3,(H,30,32). The van der Waals surface area contributed by atoms with Crippen molar-refractivity contribution in [1.82, 2.24) is 10.2 Å². The Kier molecular flexibility index (Phi) is 7.26. The van der Waals surface area contributed by atoms with Crippen molar-refractivity contribution in [3.63, 3.8) is 0 Å². The molecule has 0 saturated carbocycles. The summed E-state index contributed by atoms with van der Waals surface area (Å²) < 4.78 is 5.75. The van der Waals surface area contributed by atoms with Gasteiger partial charge in [0.05, 0.1) is 7.11 Å². The van der Waals surface area contributed by atoms with Crippen molar-refractivity contribution >= 4 is 27.5 Å². The van der Waals surface area contributed by atoms with Crippen LogP contribution < -0.4 is 10.1 Å². The van der Waals surface area contributed by atoms with E-state index >= 15 is 0 Å². The van der Waals surface area contributed by atoms with Gasteiger partial charge in [0.25, 0.3) is 5.91 Å². The van der Waals surface area contributed by atoms with E-state index in [1.54, 1.807) is 7.11 Å². The van der Waals surface area contributed by atoms with Crippen molar-refractivity contribution in [2.24, 2.45) is 0 Å². The molecule has 1 N–H and O–H groups in total. The molecule has 0 atom stereocenters. The van der Waals surface area contributed by atoms with E-state index in [1.807, 2.05) is 36.4 Å². The molecule has 4 heteroatoms. The summed E-state index contributed by atoms with van der Waals surface area (Å²) in [6.45, 7) is 7.72. The first-order chi connectivity index (χ1) is 16.2. The summed E-state index contributed by atoms with van der Waals surface area (Å²) in [5, 5.41) is 7.69. The largest absolute Gasteiger partial charge is 0.496 e. The van der Waals surface area contributed by atoms with Crippen LogP contribution in [-0.4, -0.2) is 44.1 Å². The lowest BCUT2D eigenvalue weighted by Crippen LogP contribution is -2.35. The van der Waals surface area contributed by atoms with E-state index < -0.39 is 0 Å². The van der Waals surface area contributed by atoms with Crippen LogP contribution in [0.5, 0.6) is 5.75 Å². The SMILES string of the molecule is CCN(CC)CCNC(=O)c1ccc2ccccc2c1Cc1c(OC)ccc2ccccc12. The highest BCUT2D eigenvalue weighted by Crippen LogP contribution is 2.33. The number of carbonyl (C=O) groups excluding carboxylic acids is 1. The monoisotopic (exact) mass is 440 g/mol. The summed E-state index contributed by atoms with van der Waals surface area (Å²) in [6, 6.07) is 24.7. The minimum atomic E-state index is -0.0258. The van der Waals surface area contributed by atoms with Gasteiger partial charge in [-0.2, -0.15) is 0 Å². The van der Waals surface area contributed by atoms with Gasteiger partial charge in [0, 0.05) is 30.6 Å². The van der Waals surface area contributed by atoms with Gasteiger partial charge < -0.3 is 15.0 Å². The fourth-order valence-electron chi connectivity index (χ4n) is 4.57. The van der Waals surface area contributed by atoms with Crippen LogP contribution in [-0.2, 0) is 6.42 Å². The highest BCUT2D eigenvalue weighted by Gasteiger charge is 2.18. The van der Waals surface area contributed by atoms with Gasteiger partial charge >= 0.3 is 0 Å². The third kappa shape index (κ3) is 4.86. The predicted octanol–water partition coefficient (Wildman–Crippen LogP) is 5.66. The van der Waals surface area contributed by atoms with Crippen LogP contribution in [0.2, 0.25) is 0 Å². The topological polar surface area (TPSA) is 41.6 Å². The highest BCUT2D eigenvalue weighted by atomic mass is 16.5. The predicted molar refractivity (Wildman–Crippen MR) is 137 cm³/mol. The average molecular weight is 441 g/mol. The van der Waals surface area contributed by atoms with Crippen LogP contribution in [0.1, 0.15) is 35.3 Å². The zero-order valence-electron chi connectivity index (χ0n) is 19.7. The van der Waals surface area contributed by atoms with E-state index in [-0.39, 0.29) is 5.91 Å². The molecule has 0 heterocycles. The fourth-order valence-corrected chi connectivity index (χ4v) is 4.57. The molecule has 170 valence electrons. The average Bonchev–Trinajstić information content (AvgIpc) is 2.86. The second-order valence-corrected chi connectivity index (χ2v) is 8.24. The minimum Gasteiger partial charge on any atom is -0.496 e. The normalized spacial score (nSPS) is 11.3. The lowest BCUT2D eigenvalue weighted by Gasteiger charge is -2.19. The van der Waals surface area contributed by atoms with E-state index in [0.29, 0.717) is 13.0 Å². The molecule has 1 amide bonds. The van der Waals surface area contributed by atoms with Crippen molar-refractivity contribution in [2.45, 2.75) is 20.3 Å². The lowest BCUT2D eigenvalue weighted by atomic mass is 9.90. The molecule has 4 rings (SSSR count). The van der Waals surface area contributed by atoms with Gasteiger partial charge in [-0.1, -0.05) is 74.5 Å². The number of ether oxygens (including phenoxy) is 1. The maximum absolute atomic E-state index is 13.3. The van der Waals surface area contributed by atoms with Crippen molar-refractivity contribution in [3.8, 4) is 5.75 Å². The Bertz CT molecular complexity index is 1260. The van der Waals surface area contributed by atoms with E-state index in [1.165, 1.54) is 5.39 Å². The number of methoxy groups -OCH3 is 1. The van der Waals surface area contributed by atoms with E-state index in [9.17, 15) is 4.79 Å². The number of carbonyl (C=O) groups is 1. The first-order valence-electron chi connectivity index (χ1n) is 11.7. The molecule has 0 spiro atoms. The Morgan fingerprint density at radius 2 is 1.42 bits per heavy atom. The maximum atomic E-state index is 13.3. The molecule has 0 fully saturated rings. The molecule has 33 heavy (non-hydrogen) atoms. The number of nitrogens with one attached hydrogen (secondary N) is 1. The Hall–Kier alpha value is -3.37. The molecule has 4 nitrogen and oxygen atoms in total. The number of benzene rings is 4. The van der Waals surface area contributed by atoms with E-state index in [4.69, 9.17) is 4.74 Å². The molecule has 0 radical (unpaired) electrons. The van der Waals surface area contributed by atoms with E-state index in [0.717, 1.165) is 58.2 Å². The fraction of sp³-hybridized carbons (Fsp3) is 0.276. The first kappa shape index (κ1) is 22.8. The first-order valence-corrected chi connectivity index (χ1v) is 11.7. The minimum absolute atomic E-state index is 0.0258. The molecule has 4 aromatic carbocycles. The Morgan fingerprint density at radius 1 is 0.818 bits per heavy atom. The number of likely N-dealkylation sites (N-methyl/N-ethyl adjacent to an activating group) is 1. The molecule has 0 unspecified atom stereocenters. The zero-order chi connectivity index (χ0) is 23.2. The van der Waals surface area contributed by atoms with E-state index in [2.05, 4.69) is 60.5 Å². The summed E-state index contributed by atoms with van der Waals surface area (Å²) in [6.07, 6.45) is 0.616. The second kappa shape index (κ2) is 10.5. The van der Waals surface area contributed by atoms with Gasteiger partial charge in [0.1, 0.15) is 5.75 Å². The molecular formula is C29H32N2O2. The Morgan fingerprint density at radius 3 is 2.06 bits per heavy atom. The summed E-state index contributed by atoms with van der Waals surface area (Å²) >= 11 is 0.